The zero-order valence-electron chi connectivity index (χ0n) is 8.73. The summed E-state index contributed by atoms with van der Waals surface area (Å²) in [5, 5.41) is -0.368. The van der Waals surface area contributed by atoms with Crippen molar-refractivity contribution in [2.24, 2.45) is 5.73 Å². The molecule has 6 heteroatoms. The van der Waals surface area contributed by atoms with Gasteiger partial charge in [0.2, 0.25) is 11.8 Å². The van der Waals surface area contributed by atoms with Crippen molar-refractivity contribution in [1.82, 2.24) is 4.90 Å². The van der Waals surface area contributed by atoms with Crippen LogP contribution < -0.4 is 5.73 Å². The molecule has 0 radical (unpaired) electrons. The Bertz CT molecular complexity index is 306. The number of likely N-dealkylation sites (tertiary alicyclic amines) is 1. The molecule has 0 aromatic carbocycles. The number of amides is 2. The Labute approximate surface area is 92.4 Å². The summed E-state index contributed by atoms with van der Waals surface area (Å²) < 4.78 is 0. The molecule has 1 aliphatic heterocycles. The predicted octanol–water partition coefficient (Wildman–Crippen LogP) is -0.607. The topological polar surface area (TPSA) is 80.5 Å². The summed E-state index contributed by atoms with van der Waals surface area (Å²) in [5.74, 6) is -0.0883. The molecule has 0 aromatic rings. The molecule has 2 atom stereocenters. The molecule has 2 amide bonds. The second-order valence-electron chi connectivity index (χ2n) is 3.53. The molecule has 84 valence electrons. The first-order valence-corrected chi connectivity index (χ1v) is 5.66. The van der Waals surface area contributed by atoms with Gasteiger partial charge in [0.25, 0.3) is 0 Å². The summed E-state index contributed by atoms with van der Waals surface area (Å²) in [6, 6.07) is -0.552. The van der Waals surface area contributed by atoms with Crippen LogP contribution >= 0.6 is 11.8 Å². The number of Topliss-reactive ketones (excluding diaryl/α,β-unsaturated/α-hetero) is 1. The number of carbonyl (C=O) groups excluding carboxylic acids is 3. The fourth-order valence-corrected chi connectivity index (χ4v) is 2.42. The molecule has 1 saturated heterocycles. The highest BCUT2D eigenvalue weighted by molar-refractivity contribution is 8.00. The van der Waals surface area contributed by atoms with Gasteiger partial charge in [0, 0.05) is 19.2 Å². The summed E-state index contributed by atoms with van der Waals surface area (Å²) in [6.45, 7) is 1.42. The second-order valence-corrected chi connectivity index (χ2v) is 4.77. The normalized spacial score (nSPS) is 23.4. The van der Waals surface area contributed by atoms with E-state index in [-0.39, 0.29) is 29.3 Å². The Hall–Kier alpha value is -0.880. The Morgan fingerprint density at radius 3 is 2.67 bits per heavy atom. The van der Waals surface area contributed by atoms with E-state index in [2.05, 4.69) is 0 Å². The zero-order chi connectivity index (χ0) is 11.6. The summed E-state index contributed by atoms with van der Waals surface area (Å²) in [5.41, 5.74) is 5.53. The molecule has 1 unspecified atom stereocenters. The minimum absolute atomic E-state index is 0.104. The number of imide groups is 1. The molecule has 1 rings (SSSR count). The van der Waals surface area contributed by atoms with Crippen molar-refractivity contribution < 1.29 is 14.4 Å². The van der Waals surface area contributed by atoms with Gasteiger partial charge in [0.1, 0.15) is 5.78 Å². The first-order chi connectivity index (χ1) is 6.93. The zero-order valence-corrected chi connectivity index (χ0v) is 9.54. The van der Waals surface area contributed by atoms with Crippen molar-refractivity contribution in [3.05, 3.63) is 0 Å². The van der Waals surface area contributed by atoms with E-state index in [1.807, 2.05) is 0 Å². The van der Waals surface area contributed by atoms with E-state index >= 15 is 0 Å². The lowest BCUT2D eigenvalue weighted by Gasteiger charge is -2.11. The van der Waals surface area contributed by atoms with Crippen LogP contribution in [-0.4, -0.2) is 46.6 Å². The Kier molecular flexibility index (Phi) is 3.87. The molecule has 2 N–H and O–H groups in total. The average molecular weight is 230 g/mol. The smallest absolute Gasteiger partial charge is 0.242 e. The van der Waals surface area contributed by atoms with Crippen LogP contribution in [0, 0.1) is 0 Å². The van der Waals surface area contributed by atoms with Gasteiger partial charge >= 0.3 is 0 Å². The van der Waals surface area contributed by atoms with Crippen LogP contribution in [-0.2, 0) is 14.4 Å². The van der Waals surface area contributed by atoms with E-state index in [0.717, 1.165) is 4.90 Å². The summed E-state index contributed by atoms with van der Waals surface area (Å²) >= 11 is 1.28. The molecule has 15 heavy (non-hydrogen) atoms. The maximum absolute atomic E-state index is 11.5. The fraction of sp³-hybridized carbons (Fsp3) is 0.667. The van der Waals surface area contributed by atoms with Gasteiger partial charge in [-0.1, -0.05) is 0 Å². The van der Waals surface area contributed by atoms with Gasteiger partial charge in [-0.25, -0.2) is 0 Å². The molecule has 0 spiro atoms. The molecule has 0 aliphatic carbocycles. The first-order valence-electron chi connectivity index (χ1n) is 4.61. The highest BCUT2D eigenvalue weighted by Crippen LogP contribution is 2.24. The van der Waals surface area contributed by atoms with Gasteiger partial charge in [-0.05, 0) is 6.92 Å². The minimum Gasteiger partial charge on any atom is -0.321 e. The third-order valence-corrected chi connectivity index (χ3v) is 3.66. The summed E-state index contributed by atoms with van der Waals surface area (Å²) in [7, 11) is 1.47. The predicted molar refractivity (Wildman–Crippen MR) is 57.3 cm³/mol. The number of ketones is 1. The minimum atomic E-state index is -0.552. The lowest BCUT2D eigenvalue weighted by atomic mass is 10.3. The van der Waals surface area contributed by atoms with Crippen molar-refractivity contribution in [3.63, 3.8) is 0 Å². The number of nitrogens with two attached hydrogens (primary N) is 1. The van der Waals surface area contributed by atoms with Crippen molar-refractivity contribution >= 4 is 29.4 Å². The molecule has 1 aliphatic rings. The lowest BCUT2D eigenvalue weighted by molar-refractivity contribution is -0.136. The number of nitrogens with zero attached hydrogens (tertiary/aromatic N) is 1. The maximum atomic E-state index is 11.5. The van der Waals surface area contributed by atoms with E-state index in [4.69, 9.17) is 5.73 Å². The number of thioether (sulfide) groups is 1. The van der Waals surface area contributed by atoms with Crippen LogP contribution in [0.25, 0.3) is 0 Å². The van der Waals surface area contributed by atoms with E-state index in [9.17, 15) is 14.4 Å². The molecule has 0 saturated carbocycles. The fourth-order valence-electron chi connectivity index (χ4n) is 1.19. The van der Waals surface area contributed by atoms with E-state index in [1.54, 1.807) is 0 Å². The van der Waals surface area contributed by atoms with Crippen molar-refractivity contribution in [3.8, 4) is 0 Å². The quantitative estimate of drug-likeness (QED) is 0.652. The van der Waals surface area contributed by atoms with Gasteiger partial charge in [-0.3, -0.25) is 19.3 Å². The Morgan fingerprint density at radius 2 is 2.27 bits per heavy atom. The van der Waals surface area contributed by atoms with Crippen molar-refractivity contribution in [2.75, 3.05) is 12.8 Å². The molecule has 5 nitrogen and oxygen atoms in total. The molecular weight excluding hydrogens is 216 g/mol. The number of carbonyl (C=O) groups is 3. The Morgan fingerprint density at radius 1 is 1.67 bits per heavy atom. The van der Waals surface area contributed by atoms with Crippen LogP contribution in [0.2, 0.25) is 0 Å². The van der Waals surface area contributed by atoms with Crippen LogP contribution in [0.1, 0.15) is 13.3 Å². The average Bonchev–Trinajstić information content (AvgIpc) is 2.42. The number of hydrogen-bond acceptors (Lipinski definition) is 5. The highest BCUT2D eigenvalue weighted by Gasteiger charge is 2.36. The second kappa shape index (κ2) is 4.76. The van der Waals surface area contributed by atoms with Crippen LogP contribution in [0.5, 0.6) is 0 Å². The molecule has 0 bridgehead atoms. The SMILES string of the molecule is CC(=O)[C@@H](N)CSC1CC(=O)N(C)C1=O. The van der Waals surface area contributed by atoms with Crippen LogP contribution in [0.4, 0.5) is 0 Å². The monoisotopic (exact) mass is 230 g/mol. The summed E-state index contributed by atoms with van der Waals surface area (Å²) in [6.07, 6.45) is 0.213. The lowest BCUT2D eigenvalue weighted by Crippen LogP contribution is -2.32. The Balaban J connectivity index is 2.44. The first kappa shape index (κ1) is 12.2. The largest absolute Gasteiger partial charge is 0.321 e. The molecular formula is C9H14N2O3S. The van der Waals surface area contributed by atoms with Gasteiger partial charge in [0.05, 0.1) is 11.3 Å². The maximum Gasteiger partial charge on any atom is 0.242 e. The van der Waals surface area contributed by atoms with E-state index in [1.165, 1.54) is 25.7 Å². The van der Waals surface area contributed by atoms with Crippen LogP contribution in [0.15, 0.2) is 0 Å². The third kappa shape index (κ3) is 2.79. The molecule has 1 heterocycles. The van der Waals surface area contributed by atoms with Crippen molar-refractivity contribution in [2.45, 2.75) is 24.6 Å². The number of rotatable bonds is 4. The van der Waals surface area contributed by atoms with Gasteiger partial charge in [-0.2, -0.15) is 0 Å². The molecule has 0 aromatic heterocycles. The van der Waals surface area contributed by atoms with Crippen molar-refractivity contribution in [1.29, 1.82) is 0 Å². The summed E-state index contributed by atoms with van der Waals surface area (Å²) in [4.78, 5) is 34.6. The van der Waals surface area contributed by atoms with E-state index in [0.29, 0.717) is 5.75 Å². The van der Waals surface area contributed by atoms with Gasteiger partial charge in [-0.15, -0.1) is 11.8 Å². The standard InChI is InChI=1S/C9H14N2O3S/c1-5(12)6(10)4-15-7-3-8(13)11(2)9(7)14/h6-7H,3-4,10H2,1-2H3/t6-,7?/m0/s1. The third-order valence-electron chi connectivity index (χ3n) is 2.34. The number of hydrogen-bond donors (Lipinski definition) is 1. The van der Waals surface area contributed by atoms with Gasteiger partial charge < -0.3 is 5.73 Å². The van der Waals surface area contributed by atoms with E-state index < -0.39 is 6.04 Å². The molecule has 1 fully saturated rings. The van der Waals surface area contributed by atoms with Gasteiger partial charge in [0.15, 0.2) is 0 Å². The van der Waals surface area contributed by atoms with Crippen LogP contribution in [0.3, 0.4) is 0 Å². The highest BCUT2D eigenvalue weighted by atomic mass is 32.2.